The molecule has 0 radical (unpaired) electrons. The zero-order valence-corrected chi connectivity index (χ0v) is 11.2. The Morgan fingerprint density at radius 1 is 1.37 bits per heavy atom. The highest BCUT2D eigenvalue weighted by Crippen LogP contribution is 2.34. The molecule has 0 saturated carbocycles. The average Bonchev–Trinajstić information content (AvgIpc) is 2.72. The number of hydrogen-bond acceptors (Lipinski definition) is 4. The van der Waals surface area contributed by atoms with Crippen molar-refractivity contribution in [3.05, 3.63) is 40.4 Å². The first-order valence-electron chi connectivity index (χ1n) is 5.14. The minimum Gasteiger partial charge on any atom is -0.361 e. The first-order chi connectivity index (χ1) is 8.86. The maximum atomic E-state index is 12.4. The van der Waals surface area contributed by atoms with Crippen LogP contribution < -0.4 is 0 Å². The van der Waals surface area contributed by atoms with Gasteiger partial charge in [-0.1, -0.05) is 28.5 Å². The van der Waals surface area contributed by atoms with Gasteiger partial charge in [-0.2, -0.15) is 13.2 Å². The van der Waals surface area contributed by atoms with Crippen molar-refractivity contribution < 1.29 is 17.7 Å². The Morgan fingerprint density at radius 3 is 2.63 bits per heavy atom. The van der Waals surface area contributed by atoms with Crippen LogP contribution in [-0.4, -0.2) is 10.1 Å². The molecule has 8 heteroatoms. The van der Waals surface area contributed by atoms with E-state index in [4.69, 9.17) is 16.1 Å². The molecule has 2 rings (SSSR count). The second-order valence-corrected chi connectivity index (χ2v) is 5.10. The molecule has 0 aliphatic carbocycles. The number of rotatable bonds is 3. The molecule has 0 aliphatic heterocycles. The minimum atomic E-state index is -4.44. The van der Waals surface area contributed by atoms with Gasteiger partial charge in [-0.3, -0.25) is 0 Å². The number of aryl methyl sites for hydroxylation is 1. The van der Waals surface area contributed by atoms with E-state index in [-0.39, 0.29) is 5.02 Å². The van der Waals surface area contributed by atoms with Crippen LogP contribution in [0.15, 0.2) is 27.9 Å². The number of nitrogens with zero attached hydrogens (tertiary/aromatic N) is 2. The Hall–Kier alpha value is -1.21. The Balaban J connectivity index is 2.09. The smallest absolute Gasteiger partial charge is 0.361 e. The lowest BCUT2D eigenvalue weighted by Crippen LogP contribution is -2.05. The number of halogens is 4. The summed E-state index contributed by atoms with van der Waals surface area (Å²) in [6.45, 7) is 1.75. The average molecular weight is 309 g/mol. The molecular weight excluding hydrogens is 301 g/mol. The van der Waals surface area contributed by atoms with E-state index in [1.165, 1.54) is 11.8 Å². The predicted octanol–water partition coefficient (Wildman–Crippen LogP) is 4.34. The van der Waals surface area contributed by atoms with Gasteiger partial charge in [0.05, 0.1) is 16.3 Å². The van der Waals surface area contributed by atoms with Gasteiger partial charge in [0.15, 0.2) is 0 Å². The van der Waals surface area contributed by atoms with Crippen molar-refractivity contribution in [3.8, 4) is 0 Å². The van der Waals surface area contributed by atoms with Crippen molar-refractivity contribution in [2.75, 3.05) is 0 Å². The highest BCUT2D eigenvalue weighted by Gasteiger charge is 2.31. The van der Waals surface area contributed by atoms with Crippen molar-refractivity contribution >= 4 is 23.4 Å². The van der Waals surface area contributed by atoms with Crippen molar-refractivity contribution in [1.82, 2.24) is 10.1 Å². The maximum Gasteiger partial charge on any atom is 0.417 e. The standard InChI is InChI=1S/C11H8ClF3N2OS/c1-6-2-8(17-18-6)5-19-10-9(12)3-7(4-16-10)11(13,14)15/h2-4H,5H2,1H3. The van der Waals surface area contributed by atoms with E-state index >= 15 is 0 Å². The molecule has 102 valence electrons. The zero-order chi connectivity index (χ0) is 14.0. The summed E-state index contributed by atoms with van der Waals surface area (Å²) >= 11 is 6.98. The number of aromatic nitrogens is 2. The molecule has 0 unspecified atom stereocenters. The second-order valence-electron chi connectivity index (χ2n) is 3.73. The van der Waals surface area contributed by atoms with Gasteiger partial charge in [-0.05, 0) is 13.0 Å². The predicted molar refractivity (Wildman–Crippen MR) is 65.1 cm³/mol. The fraction of sp³-hybridized carbons (Fsp3) is 0.273. The molecule has 0 saturated heterocycles. The van der Waals surface area contributed by atoms with E-state index < -0.39 is 11.7 Å². The maximum absolute atomic E-state index is 12.4. The van der Waals surface area contributed by atoms with Gasteiger partial charge in [-0.25, -0.2) is 4.98 Å². The lowest BCUT2D eigenvalue weighted by molar-refractivity contribution is -0.137. The molecular formula is C11H8ClF3N2OS. The first-order valence-corrected chi connectivity index (χ1v) is 6.50. The van der Waals surface area contributed by atoms with Gasteiger partial charge < -0.3 is 4.52 Å². The van der Waals surface area contributed by atoms with Crippen LogP contribution in [0.2, 0.25) is 5.02 Å². The molecule has 0 bridgehead atoms. The molecule has 2 heterocycles. The summed E-state index contributed by atoms with van der Waals surface area (Å²) in [5.74, 6) is 1.09. The summed E-state index contributed by atoms with van der Waals surface area (Å²) in [7, 11) is 0. The third kappa shape index (κ3) is 3.63. The molecule has 0 fully saturated rings. The van der Waals surface area contributed by atoms with Gasteiger partial charge in [0, 0.05) is 18.0 Å². The van der Waals surface area contributed by atoms with Crippen molar-refractivity contribution in [2.24, 2.45) is 0 Å². The third-order valence-electron chi connectivity index (χ3n) is 2.17. The van der Waals surface area contributed by atoms with Gasteiger partial charge in [-0.15, -0.1) is 0 Å². The Labute approximate surface area is 116 Å². The fourth-order valence-corrected chi connectivity index (χ4v) is 2.39. The lowest BCUT2D eigenvalue weighted by atomic mass is 10.3. The molecule has 0 aliphatic rings. The number of pyridine rings is 1. The van der Waals surface area contributed by atoms with Crippen LogP contribution in [0.25, 0.3) is 0 Å². The normalized spacial score (nSPS) is 11.8. The van der Waals surface area contributed by atoms with E-state index in [9.17, 15) is 13.2 Å². The van der Waals surface area contributed by atoms with Crippen LogP contribution in [0.4, 0.5) is 13.2 Å². The Bertz CT molecular complexity index is 586. The summed E-state index contributed by atoms with van der Waals surface area (Å²) in [4.78, 5) is 3.72. The molecule has 2 aromatic rings. The van der Waals surface area contributed by atoms with E-state index in [0.717, 1.165) is 12.3 Å². The number of thioether (sulfide) groups is 1. The van der Waals surface area contributed by atoms with Gasteiger partial charge in [0.2, 0.25) is 0 Å². The molecule has 0 aromatic carbocycles. The first kappa shape index (κ1) is 14.2. The Kier molecular flexibility index (Phi) is 4.05. The van der Waals surface area contributed by atoms with E-state index in [2.05, 4.69) is 10.1 Å². The van der Waals surface area contributed by atoms with Crippen LogP contribution in [0.5, 0.6) is 0 Å². The number of hydrogen-bond donors (Lipinski definition) is 0. The van der Waals surface area contributed by atoms with E-state index in [1.807, 2.05) is 0 Å². The Morgan fingerprint density at radius 2 is 2.11 bits per heavy atom. The lowest BCUT2D eigenvalue weighted by Gasteiger charge is -2.08. The zero-order valence-electron chi connectivity index (χ0n) is 9.66. The molecule has 0 atom stereocenters. The van der Waals surface area contributed by atoms with Crippen molar-refractivity contribution in [2.45, 2.75) is 23.9 Å². The van der Waals surface area contributed by atoms with Crippen LogP contribution in [0.1, 0.15) is 17.0 Å². The topological polar surface area (TPSA) is 38.9 Å². The molecule has 19 heavy (non-hydrogen) atoms. The number of alkyl halides is 3. The summed E-state index contributed by atoms with van der Waals surface area (Å²) < 4.78 is 42.2. The van der Waals surface area contributed by atoms with Crippen molar-refractivity contribution in [1.29, 1.82) is 0 Å². The highest BCUT2D eigenvalue weighted by molar-refractivity contribution is 7.98. The molecule has 0 spiro atoms. The molecule has 0 amide bonds. The summed E-state index contributed by atoms with van der Waals surface area (Å²) in [5.41, 5.74) is -0.181. The summed E-state index contributed by atoms with van der Waals surface area (Å²) in [6, 6.07) is 2.61. The van der Waals surface area contributed by atoms with E-state index in [0.29, 0.717) is 22.2 Å². The van der Waals surface area contributed by atoms with Crippen LogP contribution in [0, 0.1) is 6.92 Å². The fourth-order valence-electron chi connectivity index (χ4n) is 1.31. The molecule has 3 nitrogen and oxygen atoms in total. The van der Waals surface area contributed by atoms with Gasteiger partial charge in [0.25, 0.3) is 0 Å². The van der Waals surface area contributed by atoms with Crippen LogP contribution in [-0.2, 0) is 11.9 Å². The largest absolute Gasteiger partial charge is 0.417 e. The summed E-state index contributed by atoms with van der Waals surface area (Å²) in [6.07, 6.45) is -3.68. The van der Waals surface area contributed by atoms with Gasteiger partial charge in [0.1, 0.15) is 10.8 Å². The quantitative estimate of drug-likeness (QED) is 0.791. The minimum absolute atomic E-state index is 0.0277. The van der Waals surface area contributed by atoms with E-state index in [1.54, 1.807) is 13.0 Å². The van der Waals surface area contributed by atoms with Crippen LogP contribution in [0.3, 0.4) is 0 Å². The van der Waals surface area contributed by atoms with Crippen molar-refractivity contribution in [3.63, 3.8) is 0 Å². The monoisotopic (exact) mass is 308 g/mol. The van der Waals surface area contributed by atoms with Crippen LogP contribution >= 0.6 is 23.4 Å². The molecule has 0 N–H and O–H groups in total. The SMILES string of the molecule is Cc1cc(CSc2ncc(C(F)(F)F)cc2Cl)no1. The molecule has 2 aromatic heterocycles. The highest BCUT2D eigenvalue weighted by atomic mass is 35.5. The third-order valence-corrected chi connectivity index (χ3v) is 3.61. The summed E-state index contributed by atoms with van der Waals surface area (Å²) in [5, 5.41) is 4.07. The second kappa shape index (κ2) is 5.42. The van der Waals surface area contributed by atoms with Gasteiger partial charge >= 0.3 is 6.18 Å².